The van der Waals surface area contributed by atoms with Gasteiger partial charge in [-0.1, -0.05) is 35.9 Å². The number of pyridine rings is 1. The van der Waals surface area contributed by atoms with E-state index in [1.807, 2.05) is 0 Å². The van der Waals surface area contributed by atoms with Gasteiger partial charge in [0.2, 0.25) is 0 Å². The monoisotopic (exact) mass is 537 g/mol. The number of carbonyl (C=O) groups is 1. The maximum atomic E-state index is 13.0. The molecule has 0 saturated carbocycles. The molecule has 1 amide bonds. The van der Waals surface area contributed by atoms with Crippen molar-refractivity contribution in [2.45, 2.75) is 12.4 Å². The largest absolute Gasteiger partial charge is 0.416 e. The first-order valence-electron chi connectivity index (χ1n) is 10.3. The number of carbonyl (C=O) groups excluding carboxylic acids is 1. The van der Waals surface area contributed by atoms with Gasteiger partial charge in [0.1, 0.15) is 5.15 Å². The van der Waals surface area contributed by atoms with Crippen LogP contribution in [0, 0.1) is 0 Å². The van der Waals surface area contributed by atoms with Gasteiger partial charge in [0.15, 0.2) is 11.6 Å². The lowest BCUT2D eigenvalue weighted by atomic mass is 10.1. The number of amides is 1. The minimum Gasteiger partial charge on any atom is -0.366 e. The molecule has 2 aromatic carbocycles. The highest BCUT2D eigenvalue weighted by atomic mass is 35.5. The molecule has 2 N–H and O–H groups in total. The van der Waals surface area contributed by atoms with Gasteiger partial charge in [-0.2, -0.15) is 26.3 Å². The van der Waals surface area contributed by atoms with Crippen LogP contribution in [0.3, 0.4) is 0 Å². The minimum atomic E-state index is -4.57. The minimum absolute atomic E-state index is 0.00398. The van der Waals surface area contributed by atoms with Crippen molar-refractivity contribution in [2.24, 2.45) is 5.73 Å². The molecule has 2 heterocycles. The van der Waals surface area contributed by atoms with Crippen LogP contribution in [-0.2, 0) is 17.1 Å². The number of hydrogen-bond acceptors (Lipinski definition) is 4. The smallest absolute Gasteiger partial charge is 0.366 e. The first kappa shape index (κ1) is 25.9. The third-order valence-corrected chi connectivity index (χ3v) is 5.35. The summed E-state index contributed by atoms with van der Waals surface area (Å²) in [5.41, 5.74) is 4.31. The Morgan fingerprint density at radius 3 is 1.84 bits per heavy atom. The normalized spacial score (nSPS) is 12.6. The predicted molar refractivity (Wildman–Crippen MR) is 124 cm³/mol. The molecule has 0 aliphatic rings. The Kier molecular flexibility index (Phi) is 6.78. The molecular formula is C24H14ClF6N5O. The molecule has 0 aliphatic heterocycles. The van der Waals surface area contributed by atoms with E-state index in [4.69, 9.17) is 17.3 Å². The van der Waals surface area contributed by atoms with Crippen molar-refractivity contribution >= 4 is 29.3 Å². The van der Waals surface area contributed by atoms with Gasteiger partial charge in [-0.25, -0.2) is 14.6 Å². The molecule has 0 fully saturated rings. The number of hydrogen-bond donors (Lipinski definition) is 1. The van der Waals surface area contributed by atoms with Crippen molar-refractivity contribution < 1.29 is 31.1 Å². The Morgan fingerprint density at radius 1 is 0.838 bits per heavy atom. The van der Waals surface area contributed by atoms with Gasteiger partial charge in [0.25, 0.3) is 5.91 Å². The van der Waals surface area contributed by atoms with E-state index < -0.39 is 29.4 Å². The highest BCUT2D eigenvalue weighted by Gasteiger charge is 2.31. The van der Waals surface area contributed by atoms with Crippen LogP contribution in [0.4, 0.5) is 26.3 Å². The fourth-order valence-corrected chi connectivity index (χ4v) is 3.40. The number of alkyl halides is 6. The maximum Gasteiger partial charge on any atom is 0.416 e. The van der Waals surface area contributed by atoms with E-state index in [2.05, 4.69) is 15.1 Å². The Morgan fingerprint density at radius 2 is 1.38 bits per heavy atom. The van der Waals surface area contributed by atoms with Crippen molar-refractivity contribution in [3.63, 3.8) is 0 Å². The third kappa shape index (κ3) is 5.80. The summed E-state index contributed by atoms with van der Waals surface area (Å²) in [5, 5.41) is 4.41. The zero-order valence-electron chi connectivity index (χ0n) is 18.3. The zero-order valence-corrected chi connectivity index (χ0v) is 19.1. The second-order valence-corrected chi connectivity index (χ2v) is 8.02. The average molecular weight is 538 g/mol. The van der Waals surface area contributed by atoms with Gasteiger partial charge in [-0.05, 0) is 36.4 Å². The van der Waals surface area contributed by atoms with E-state index in [-0.39, 0.29) is 39.1 Å². The number of benzene rings is 2. The molecule has 0 saturated heterocycles. The number of nitrogens with zero attached hydrogens (tertiary/aromatic N) is 4. The number of nitrogens with two attached hydrogens (primary N) is 1. The summed E-state index contributed by atoms with van der Waals surface area (Å²) < 4.78 is 79.1. The first-order valence-corrected chi connectivity index (χ1v) is 10.7. The van der Waals surface area contributed by atoms with E-state index in [0.717, 1.165) is 53.2 Å². The summed E-state index contributed by atoms with van der Waals surface area (Å²) in [7, 11) is 0. The summed E-state index contributed by atoms with van der Waals surface area (Å²) >= 11 is 5.79. The van der Waals surface area contributed by atoms with E-state index in [1.165, 1.54) is 24.5 Å². The summed E-state index contributed by atoms with van der Waals surface area (Å²) in [6.07, 6.45) is -6.65. The molecule has 190 valence electrons. The van der Waals surface area contributed by atoms with E-state index in [0.29, 0.717) is 0 Å². The van der Waals surface area contributed by atoms with Crippen molar-refractivity contribution in [3.8, 4) is 22.8 Å². The second kappa shape index (κ2) is 9.69. The summed E-state index contributed by atoms with van der Waals surface area (Å²) in [5.74, 6) is -0.920. The molecule has 0 aliphatic carbocycles. The van der Waals surface area contributed by atoms with Crippen LogP contribution in [0.15, 0.2) is 66.9 Å². The molecule has 13 heteroatoms. The lowest BCUT2D eigenvalue weighted by Crippen LogP contribution is -2.14. The lowest BCUT2D eigenvalue weighted by molar-refractivity contribution is -0.138. The second-order valence-electron chi connectivity index (χ2n) is 7.63. The maximum absolute atomic E-state index is 13.0. The Balaban J connectivity index is 1.86. The highest BCUT2D eigenvalue weighted by Crippen LogP contribution is 2.33. The molecule has 4 rings (SSSR count). The van der Waals surface area contributed by atoms with Gasteiger partial charge in [0.05, 0.1) is 16.7 Å². The topological polar surface area (TPSA) is 86.7 Å². The summed E-state index contributed by atoms with van der Waals surface area (Å²) in [6, 6.07) is 10.9. The molecule has 0 radical (unpaired) electrons. The molecular weight excluding hydrogens is 524 g/mol. The van der Waals surface area contributed by atoms with Crippen LogP contribution < -0.4 is 5.73 Å². The zero-order chi connectivity index (χ0) is 27.0. The highest BCUT2D eigenvalue weighted by molar-refractivity contribution is 6.29. The molecule has 4 aromatic rings. The fourth-order valence-electron chi connectivity index (χ4n) is 3.29. The third-order valence-electron chi connectivity index (χ3n) is 5.13. The van der Waals surface area contributed by atoms with Crippen LogP contribution in [-0.4, -0.2) is 25.7 Å². The average Bonchev–Trinajstić information content (AvgIpc) is 3.26. The van der Waals surface area contributed by atoms with Crippen LogP contribution in [0.1, 0.15) is 16.7 Å². The summed E-state index contributed by atoms with van der Waals surface area (Å²) in [4.78, 5) is 20.4. The Hall–Kier alpha value is -4.19. The number of primary amides is 1. The number of halogens is 7. The van der Waals surface area contributed by atoms with Crippen LogP contribution >= 0.6 is 11.6 Å². The number of aromatic nitrogens is 4. The van der Waals surface area contributed by atoms with Crippen molar-refractivity contribution in [1.29, 1.82) is 0 Å². The van der Waals surface area contributed by atoms with Gasteiger partial charge >= 0.3 is 12.4 Å². The van der Waals surface area contributed by atoms with Crippen LogP contribution in [0.25, 0.3) is 34.5 Å². The molecule has 6 nitrogen and oxygen atoms in total. The van der Waals surface area contributed by atoms with Crippen molar-refractivity contribution in [3.05, 3.63) is 88.7 Å². The van der Waals surface area contributed by atoms with Crippen molar-refractivity contribution in [1.82, 2.24) is 19.7 Å². The Labute approximate surface area is 210 Å². The number of rotatable bonds is 5. The standard InChI is InChI=1S/C24H14ClF6N5O/c25-19-10-5-15(11-33-19)18(20(32)37)12-36-22(14-3-8-17(9-4-14)24(29,30)31)34-21(35-36)13-1-6-16(7-2-13)23(26,27)28/h1-12H,(H2,32,37)/b18-12-. The van der Waals surface area contributed by atoms with E-state index in [9.17, 15) is 31.1 Å². The van der Waals surface area contributed by atoms with Gasteiger partial charge in [-0.15, -0.1) is 5.10 Å². The quantitative estimate of drug-likeness (QED) is 0.187. The molecule has 0 unspecified atom stereocenters. The molecule has 0 atom stereocenters. The molecule has 0 bridgehead atoms. The van der Waals surface area contributed by atoms with Crippen LogP contribution in [0.2, 0.25) is 5.15 Å². The molecule has 2 aromatic heterocycles. The molecule has 0 spiro atoms. The fraction of sp³-hybridized carbons (Fsp3) is 0.0833. The van der Waals surface area contributed by atoms with Gasteiger partial charge in [-0.3, -0.25) is 4.79 Å². The van der Waals surface area contributed by atoms with Crippen molar-refractivity contribution in [2.75, 3.05) is 0 Å². The first-order chi connectivity index (χ1) is 17.3. The summed E-state index contributed by atoms with van der Waals surface area (Å²) in [6.45, 7) is 0. The SMILES string of the molecule is NC(=O)/C(=C\n1nc(-c2ccc(C(F)(F)F)cc2)nc1-c1ccc(C(F)(F)F)cc1)c1ccc(Cl)nc1. The predicted octanol–water partition coefficient (Wildman–Crippen LogP) is 6.18. The van der Waals surface area contributed by atoms with E-state index >= 15 is 0 Å². The van der Waals surface area contributed by atoms with Gasteiger partial charge in [0, 0.05) is 29.1 Å². The Bertz CT molecular complexity index is 1460. The molecule has 37 heavy (non-hydrogen) atoms. The lowest BCUT2D eigenvalue weighted by Gasteiger charge is -2.08. The van der Waals surface area contributed by atoms with Gasteiger partial charge < -0.3 is 5.73 Å². The van der Waals surface area contributed by atoms with E-state index in [1.54, 1.807) is 0 Å². The van der Waals surface area contributed by atoms with Crippen LogP contribution in [0.5, 0.6) is 0 Å².